The van der Waals surface area contributed by atoms with Crippen molar-refractivity contribution in [1.29, 1.82) is 0 Å². The van der Waals surface area contributed by atoms with E-state index in [1.165, 1.54) is 10.4 Å². The summed E-state index contributed by atoms with van der Waals surface area (Å²) >= 11 is 1.77. The number of methoxy groups -OCH3 is 2. The smallest absolute Gasteiger partial charge is 0.124 e. The van der Waals surface area contributed by atoms with E-state index in [-0.39, 0.29) is 6.04 Å². The standard InChI is InChI=1S/C17H23NO2S/c1-5-8-18-17(13-9-12(2)21-11-13)15-10-14(19-3)6-7-16(15)20-4/h6-7,9-11,17-18H,5,8H2,1-4H3. The van der Waals surface area contributed by atoms with Crippen molar-refractivity contribution in [1.82, 2.24) is 5.32 Å². The van der Waals surface area contributed by atoms with Gasteiger partial charge in [-0.15, -0.1) is 11.3 Å². The van der Waals surface area contributed by atoms with Gasteiger partial charge in [0.25, 0.3) is 0 Å². The van der Waals surface area contributed by atoms with E-state index in [1.807, 2.05) is 12.1 Å². The van der Waals surface area contributed by atoms with Gasteiger partial charge in [-0.3, -0.25) is 0 Å². The molecule has 0 bridgehead atoms. The van der Waals surface area contributed by atoms with Crippen molar-refractivity contribution in [2.75, 3.05) is 20.8 Å². The van der Waals surface area contributed by atoms with Crippen LogP contribution in [0.1, 0.15) is 35.4 Å². The lowest BCUT2D eigenvalue weighted by Crippen LogP contribution is -2.23. The summed E-state index contributed by atoms with van der Waals surface area (Å²) in [6.07, 6.45) is 1.09. The first-order valence-corrected chi connectivity index (χ1v) is 8.07. The predicted molar refractivity (Wildman–Crippen MR) is 88.7 cm³/mol. The molecule has 0 spiro atoms. The van der Waals surface area contributed by atoms with Crippen LogP contribution in [0.15, 0.2) is 29.6 Å². The molecule has 0 aliphatic carbocycles. The van der Waals surface area contributed by atoms with Crippen LogP contribution in [-0.4, -0.2) is 20.8 Å². The Bertz CT molecular complexity index is 580. The minimum atomic E-state index is 0.125. The zero-order chi connectivity index (χ0) is 15.2. The van der Waals surface area contributed by atoms with Crippen molar-refractivity contribution in [3.63, 3.8) is 0 Å². The maximum absolute atomic E-state index is 5.54. The van der Waals surface area contributed by atoms with Crippen LogP contribution >= 0.6 is 11.3 Å². The third-order valence-electron chi connectivity index (χ3n) is 3.43. The molecule has 0 aliphatic rings. The molecule has 0 amide bonds. The van der Waals surface area contributed by atoms with E-state index in [4.69, 9.17) is 9.47 Å². The lowest BCUT2D eigenvalue weighted by atomic mass is 9.99. The Labute approximate surface area is 130 Å². The fourth-order valence-electron chi connectivity index (χ4n) is 2.38. The van der Waals surface area contributed by atoms with Gasteiger partial charge in [-0.2, -0.15) is 0 Å². The molecular weight excluding hydrogens is 282 g/mol. The van der Waals surface area contributed by atoms with E-state index in [2.05, 4.69) is 36.7 Å². The molecule has 0 aliphatic heterocycles. The lowest BCUT2D eigenvalue weighted by Gasteiger charge is -2.21. The molecule has 1 heterocycles. The predicted octanol–water partition coefficient (Wildman–Crippen LogP) is 4.16. The molecule has 1 aromatic heterocycles. The molecular formula is C17H23NO2S. The van der Waals surface area contributed by atoms with Crippen LogP contribution in [0.5, 0.6) is 11.5 Å². The molecule has 0 radical (unpaired) electrons. The summed E-state index contributed by atoms with van der Waals surface area (Å²) in [6, 6.07) is 8.31. The van der Waals surface area contributed by atoms with Crippen molar-refractivity contribution in [3.8, 4) is 11.5 Å². The van der Waals surface area contributed by atoms with Gasteiger partial charge in [-0.1, -0.05) is 6.92 Å². The van der Waals surface area contributed by atoms with Gasteiger partial charge in [0.15, 0.2) is 0 Å². The van der Waals surface area contributed by atoms with Gasteiger partial charge < -0.3 is 14.8 Å². The molecule has 2 aromatic rings. The summed E-state index contributed by atoms with van der Waals surface area (Å²) in [5.41, 5.74) is 2.39. The number of ether oxygens (including phenoxy) is 2. The highest BCUT2D eigenvalue weighted by Crippen LogP contribution is 2.34. The van der Waals surface area contributed by atoms with E-state index >= 15 is 0 Å². The topological polar surface area (TPSA) is 30.5 Å². The Kier molecular flexibility index (Phi) is 5.65. The summed E-state index contributed by atoms with van der Waals surface area (Å²) in [7, 11) is 3.40. The molecule has 1 atom stereocenters. The average Bonchev–Trinajstić information content (AvgIpc) is 2.93. The number of aryl methyl sites for hydroxylation is 1. The van der Waals surface area contributed by atoms with E-state index in [1.54, 1.807) is 25.6 Å². The van der Waals surface area contributed by atoms with Gasteiger partial charge in [-0.25, -0.2) is 0 Å². The highest BCUT2D eigenvalue weighted by Gasteiger charge is 2.19. The first-order valence-electron chi connectivity index (χ1n) is 7.20. The Morgan fingerprint density at radius 2 is 2.00 bits per heavy atom. The number of benzene rings is 1. The van der Waals surface area contributed by atoms with Crippen LogP contribution in [0.4, 0.5) is 0 Å². The minimum absolute atomic E-state index is 0.125. The second-order valence-corrected chi connectivity index (χ2v) is 6.10. The molecule has 4 heteroatoms. The normalized spacial score (nSPS) is 12.2. The molecule has 0 saturated carbocycles. The number of thiophene rings is 1. The van der Waals surface area contributed by atoms with Gasteiger partial charge in [0, 0.05) is 10.4 Å². The van der Waals surface area contributed by atoms with Crippen molar-refractivity contribution in [2.45, 2.75) is 26.3 Å². The van der Waals surface area contributed by atoms with Gasteiger partial charge in [0.2, 0.25) is 0 Å². The summed E-state index contributed by atoms with van der Waals surface area (Å²) < 4.78 is 10.9. The highest BCUT2D eigenvalue weighted by atomic mass is 32.1. The van der Waals surface area contributed by atoms with E-state index in [9.17, 15) is 0 Å². The van der Waals surface area contributed by atoms with Crippen molar-refractivity contribution in [2.24, 2.45) is 0 Å². The van der Waals surface area contributed by atoms with Gasteiger partial charge in [0.1, 0.15) is 11.5 Å². The molecule has 2 rings (SSSR count). The Morgan fingerprint density at radius 3 is 2.57 bits per heavy atom. The molecule has 1 unspecified atom stereocenters. The maximum atomic E-state index is 5.54. The van der Waals surface area contributed by atoms with Gasteiger partial charge in [0.05, 0.1) is 20.3 Å². The van der Waals surface area contributed by atoms with Crippen LogP contribution in [0, 0.1) is 6.92 Å². The Balaban J connectivity index is 2.44. The number of rotatable bonds is 7. The Hall–Kier alpha value is -1.52. The summed E-state index contributed by atoms with van der Waals surface area (Å²) in [6.45, 7) is 5.26. The monoisotopic (exact) mass is 305 g/mol. The van der Waals surface area contributed by atoms with Crippen LogP contribution in [0.25, 0.3) is 0 Å². The van der Waals surface area contributed by atoms with Gasteiger partial charge >= 0.3 is 0 Å². The average molecular weight is 305 g/mol. The second kappa shape index (κ2) is 7.48. The lowest BCUT2D eigenvalue weighted by molar-refractivity contribution is 0.393. The number of hydrogen-bond acceptors (Lipinski definition) is 4. The number of nitrogens with one attached hydrogen (secondary N) is 1. The van der Waals surface area contributed by atoms with E-state index < -0.39 is 0 Å². The zero-order valence-corrected chi connectivity index (χ0v) is 13.9. The van der Waals surface area contributed by atoms with Gasteiger partial charge in [-0.05, 0) is 55.1 Å². The van der Waals surface area contributed by atoms with Crippen LogP contribution in [0.3, 0.4) is 0 Å². The summed E-state index contributed by atoms with van der Waals surface area (Å²) in [4.78, 5) is 1.31. The fourth-order valence-corrected chi connectivity index (χ4v) is 3.11. The molecule has 3 nitrogen and oxygen atoms in total. The molecule has 0 saturated heterocycles. The quantitative estimate of drug-likeness (QED) is 0.833. The Morgan fingerprint density at radius 1 is 1.19 bits per heavy atom. The summed E-state index contributed by atoms with van der Waals surface area (Å²) in [5, 5.41) is 5.82. The zero-order valence-electron chi connectivity index (χ0n) is 13.1. The maximum Gasteiger partial charge on any atom is 0.124 e. The van der Waals surface area contributed by atoms with Crippen molar-refractivity contribution < 1.29 is 9.47 Å². The van der Waals surface area contributed by atoms with Crippen molar-refractivity contribution >= 4 is 11.3 Å². The summed E-state index contributed by atoms with van der Waals surface area (Å²) in [5.74, 6) is 1.73. The van der Waals surface area contributed by atoms with Crippen LogP contribution in [-0.2, 0) is 0 Å². The highest BCUT2D eigenvalue weighted by molar-refractivity contribution is 7.10. The van der Waals surface area contributed by atoms with E-state index in [0.717, 1.165) is 30.0 Å². The molecule has 1 aromatic carbocycles. The molecule has 1 N–H and O–H groups in total. The molecule has 0 fully saturated rings. The third-order valence-corrected chi connectivity index (χ3v) is 4.31. The van der Waals surface area contributed by atoms with Crippen LogP contribution < -0.4 is 14.8 Å². The molecule has 21 heavy (non-hydrogen) atoms. The number of hydrogen-bond donors (Lipinski definition) is 1. The van der Waals surface area contributed by atoms with E-state index in [0.29, 0.717) is 0 Å². The first kappa shape index (κ1) is 15.9. The third kappa shape index (κ3) is 3.77. The second-order valence-electron chi connectivity index (χ2n) is 4.99. The fraction of sp³-hybridized carbons (Fsp3) is 0.412. The molecule has 114 valence electrons. The SMILES string of the molecule is CCCNC(c1csc(C)c1)c1cc(OC)ccc1OC. The largest absolute Gasteiger partial charge is 0.497 e. The van der Waals surface area contributed by atoms with Crippen LogP contribution in [0.2, 0.25) is 0 Å². The van der Waals surface area contributed by atoms with Crippen molar-refractivity contribution in [3.05, 3.63) is 45.6 Å². The minimum Gasteiger partial charge on any atom is -0.497 e. The first-order chi connectivity index (χ1) is 10.2.